The van der Waals surface area contributed by atoms with Crippen LogP contribution in [-0.2, 0) is 14.4 Å². The highest BCUT2D eigenvalue weighted by Gasteiger charge is 2.17. The molecule has 4 aromatic carbocycles. The van der Waals surface area contributed by atoms with Crippen LogP contribution in [-0.4, -0.2) is 63.4 Å². The summed E-state index contributed by atoms with van der Waals surface area (Å²) in [6.07, 6.45) is 13.0. The number of hydrogen-bond acceptors (Lipinski definition) is 11. The quantitative estimate of drug-likeness (QED) is 0.0996. The molecule has 0 amide bonds. The number of carbonyl (C=O) groups excluding carboxylic acids is 7. The minimum atomic E-state index is -0.0445. The molecule has 0 bridgehead atoms. The van der Waals surface area contributed by atoms with Gasteiger partial charge in [0, 0.05) is 94.1 Å². The summed E-state index contributed by atoms with van der Waals surface area (Å²) in [5, 5.41) is 0. The Balaban J connectivity index is 0.000000358. The van der Waals surface area contributed by atoms with E-state index >= 15 is 0 Å². The first-order chi connectivity index (χ1) is 33.9. The van der Waals surface area contributed by atoms with Gasteiger partial charge in [0.1, 0.15) is 20.4 Å². The van der Waals surface area contributed by atoms with E-state index in [0.717, 1.165) is 55.6 Å². The molecule has 0 radical (unpaired) electrons. The Morgan fingerprint density at radius 1 is 0.300 bits per heavy atom. The number of ketones is 4. The van der Waals surface area contributed by atoms with Gasteiger partial charge in [-0.2, -0.15) is 0 Å². The highest BCUT2D eigenvalue weighted by atomic mass is 16.1. The third-order valence-corrected chi connectivity index (χ3v) is 10.3. The van der Waals surface area contributed by atoms with E-state index in [4.69, 9.17) is 14.4 Å². The molecule has 0 fully saturated rings. The number of aromatic nitrogens is 4. The van der Waals surface area contributed by atoms with E-state index < -0.39 is 0 Å². The Labute approximate surface area is 410 Å². The number of carbonyl (C=O) groups is 7. The normalized spacial score (nSPS) is 9.40. The number of rotatable bonds is 9. The van der Waals surface area contributed by atoms with E-state index in [1.54, 1.807) is 98.1 Å². The molecule has 0 N–H and O–H groups in total. The summed E-state index contributed by atoms with van der Waals surface area (Å²) in [5.74, 6) is 0.0288. The highest BCUT2D eigenvalue weighted by molar-refractivity contribution is 6.12. The van der Waals surface area contributed by atoms with Gasteiger partial charge >= 0.3 is 0 Å². The number of nitrogens with zero attached hydrogens (tertiary/aromatic N) is 4. The van der Waals surface area contributed by atoms with Crippen molar-refractivity contribution in [3.8, 4) is 11.1 Å². The van der Waals surface area contributed by atoms with Crippen molar-refractivity contribution in [2.24, 2.45) is 0 Å². The molecule has 0 aliphatic rings. The van der Waals surface area contributed by atoms with Gasteiger partial charge in [-0.15, -0.1) is 13.2 Å². The largest absolute Gasteiger partial charge is 0.307 e. The molecule has 70 heavy (non-hydrogen) atoms. The second-order valence-electron chi connectivity index (χ2n) is 15.0. The van der Waals surface area contributed by atoms with Crippen molar-refractivity contribution >= 4 is 43.5 Å². The summed E-state index contributed by atoms with van der Waals surface area (Å²) in [6, 6.07) is 37.3. The van der Waals surface area contributed by atoms with Gasteiger partial charge in [0.25, 0.3) is 0 Å². The van der Waals surface area contributed by atoms with Crippen LogP contribution >= 0.6 is 0 Å². The molecular formula is C59H56N4O7. The maximum Gasteiger partial charge on any atom is 0.193 e. The predicted molar refractivity (Wildman–Crippen MR) is 276 cm³/mol. The van der Waals surface area contributed by atoms with Crippen molar-refractivity contribution in [3.05, 3.63) is 262 Å². The fourth-order valence-corrected chi connectivity index (χ4v) is 6.69. The van der Waals surface area contributed by atoms with Crippen LogP contribution in [0, 0.1) is 41.5 Å². The predicted octanol–water partition coefficient (Wildman–Crippen LogP) is 11.3. The van der Waals surface area contributed by atoms with Crippen LogP contribution < -0.4 is 0 Å². The van der Waals surface area contributed by atoms with Gasteiger partial charge in [-0.1, -0.05) is 59.7 Å². The van der Waals surface area contributed by atoms with E-state index in [1.165, 1.54) is 0 Å². The highest BCUT2D eigenvalue weighted by Crippen LogP contribution is 2.27. The number of benzene rings is 4. The van der Waals surface area contributed by atoms with E-state index in [2.05, 4.69) is 33.1 Å². The lowest BCUT2D eigenvalue weighted by Gasteiger charge is -2.11. The number of hydrogen-bond donors (Lipinski definition) is 0. The second-order valence-corrected chi connectivity index (χ2v) is 15.0. The lowest BCUT2D eigenvalue weighted by Crippen LogP contribution is -2.05. The smallest absolute Gasteiger partial charge is 0.193 e. The third kappa shape index (κ3) is 16.1. The molecule has 0 aliphatic heterocycles. The summed E-state index contributed by atoms with van der Waals surface area (Å²) in [7, 11) is 0. The maximum absolute atomic E-state index is 13.0. The molecule has 4 heterocycles. The minimum absolute atomic E-state index is 0.0445. The van der Waals surface area contributed by atoms with Gasteiger partial charge in [-0.3, -0.25) is 39.1 Å². The molecule has 0 spiro atoms. The molecule has 0 atom stereocenters. The Bertz CT molecular complexity index is 2740. The van der Waals surface area contributed by atoms with Gasteiger partial charge in [-0.25, -0.2) is 0 Å². The summed E-state index contributed by atoms with van der Waals surface area (Å²) < 4.78 is 0. The van der Waals surface area contributed by atoms with Crippen molar-refractivity contribution in [2.75, 3.05) is 0 Å². The Morgan fingerprint density at radius 3 is 0.729 bits per heavy atom. The van der Waals surface area contributed by atoms with Gasteiger partial charge in [0.05, 0.1) is 0 Å². The monoisotopic (exact) mass is 932 g/mol. The zero-order chi connectivity index (χ0) is 52.2. The average molecular weight is 933 g/mol. The lowest BCUT2D eigenvalue weighted by molar-refractivity contribution is -0.0987. The second kappa shape index (κ2) is 30.2. The van der Waals surface area contributed by atoms with Crippen LogP contribution in [0.5, 0.6) is 0 Å². The Morgan fingerprint density at radius 2 is 0.500 bits per heavy atom. The average Bonchev–Trinajstić information content (AvgIpc) is 3.43. The molecule has 0 saturated carbocycles. The minimum Gasteiger partial charge on any atom is -0.307 e. The Kier molecular flexibility index (Phi) is 24.6. The van der Waals surface area contributed by atoms with E-state index in [9.17, 15) is 19.2 Å². The Hall–Kier alpha value is -9.09. The van der Waals surface area contributed by atoms with Crippen molar-refractivity contribution < 1.29 is 33.6 Å². The molecule has 11 heteroatoms. The van der Waals surface area contributed by atoms with Crippen LogP contribution in [0.2, 0.25) is 0 Å². The summed E-state index contributed by atoms with van der Waals surface area (Å²) in [4.78, 5) is 90.1. The van der Waals surface area contributed by atoms with Gasteiger partial charge in [0.2, 0.25) is 0 Å². The molecule has 0 saturated heterocycles. The van der Waals surface area contributed by atoms with Crippen LogP contribution in [0.1, 0.15) is 97.1 Å². The van der Waals surface area contributed by atoms with Crippen LogP contribution in [0.3, 0.4) is 0 Å². The molecule has 8 rings (SSSR count). The zero-order valence-corrected chi connectivity index (χ0v) is 40.3. The van der Waals surface area contributed by atoms with Crippen LogP contribution in [0.15, 0.2) is 184 Å². The van der Waals surface area contributed by atoms with Crippen LogP contribution in [0.4, 0.5) is 0 Å². The molecule has 4 aromatic heterocycles. The third-order valence-electron chi connectivity index (χ3n) is 10.3. The first-order valence-electron chi connectivity index (χ1n) is 21.4. The molecule has 8 aromatic rings. The molecule has 0 aliphatic carbocycles. The van der Waals surface area contributed by atoms with Gasteiger partial charge in [0.15, 0.2) is 23.1 Å². The van der Waals surface area contributed by atoms with E-state index in [1.807, 2.05) is 135 Å². The van der Waals surface area contributed by atoms with Crippen LogP contribution in [0.25, 0.3) is 11.1 Å². The molecule has 354 valence electrons. The van der Waals surface area contributed by atoms with Gasteiger partial charge < -0.3 is 14.4 Å². The topological polar surface area (TPSA) is 171 Å². The fraction of sp³-hybridized carbons (Fsp3) is 0.102. The number of pyridine rings is 4. The molecule has 0 unspecified atom stereocenters. The maximum atomic E-state index is 13.0. The van der Waals surface area contributed by atoms with Crippen molar-refractivity contribution in [2.45, 2.75) is 41.5 Å². The van der Waals surface area contributed by atoms with Crippen molar-refractivity contribution in [3.63, 3.8) is 0 Å². The standard InChI is InChI=1S/C26H20N2O2.2C14H13NO.C2H4.3CH2O/c1-17-3-5-21(15-23(17)25(29)19-7-11-27-12-8-19)22-6-4-18(2)24(16-22)26(30)20-9-13-28-14-10-20;2*1-10-3-4-11(2)13(9-10)14(16)12-5-7-15-8-6-12;4*1-2/h3-16H,1-2H3;2*3-9H,1-2H3;1-2H2;3*1H2. The fourth-order valence-electron chi connectivity index (χ4n) is 6.69. The first kappa shape index (κ1) is 57.0. The van der Waals surface area contributed by atoms with E-state index in [-0.39, 0.29) is 23.1 Å². The van der Waals surface area contributed by atoms with Crippen molar-refractivity contribution in [1.29, 1.82) is 0 Å². The number of aryl methyl sites for hydroxylation is 6. The SMILES string of the molecule is C=C.C=O.C=O.C=O.Cc1ccc(-c2ccc(C)c(C(=O)c3ccncc3)c2)cc1C(=O)c1ccncc1.Cc1ccc(C)c(C(=O)c2ccncc2)c1.Cc1ccc(C)c(C(=O)c2ccncc2)c1. The summed E-state index contributed by atoms with van der Waals surface area (Å²) in [5.41, 5.74) is 13.2. The van der Waals surface area contributed by atoms with E-state index in [0.29, 0.717) is 33.4 Å². The first-order valence-corrected chi connectivity index (χ1v) is 21.4. The molecule has 11 nitrogen and oxygen atoms in total. The van der Waals surface area contributed by atoms with Gasteiger partial charge in [-0.05, 0) is 148 Å². The lowest BCUT2D eigenvalue weighted by atomic mass is 9.92. The summed E-state index contributed by atoms with van der Waals surface area (Å²) in [6.45, 7) is 23.7. The summed E-state index contributed by atoms with van der Waals surface area (Å²) >= 11 is 0. The zero-order valence-electron chi connectivity index (χ0n) is 40.3. The molecular weight excluding hydrogens is 877 g/mol. The van der Waals surface area contributed by atoms with Crippen molar-refractivity contribution in [1.82, 2.24) is 19.9 Å².